The monoisotopic (exact) mass is 333 g/mol. The Hall–Kier alpha value is -1.98. The van der Waals surface area contributed by atoms with Crippen molar-refractivity contribution >= 4 is 23.2 Å². The molecule has 3 rings (SSSR count). The first-order valence-corrected chi connectivity index (χ1v) is 8.09. The predicted octanol–water partition coefficient (Wildman–Crippen LogP) is 3.00. The van der Waals surface area contributed by atoms with Crippen LogP contribution >= 0.6 is 11.6 Å². The number of aromatic nitrogens is 1. The summed E-state index contributed by atoms with van der Waals surface area (Å²) < 4.78 is 5.37. The molecule has 1 unspecified atom stereocenters. The van der Waals surface area contributed by atoms with E-state index in [1.54, 1.807) is 12.3 Å². The number of amides is 1. The van der Waals surface area contributed by atoms with Crippen LogP contribution in [0.2, 0.25) is 5.02 Å². The summed E-state index contributed by atoms with van der Waals surface area (Å²) in [4.78, 5) is 17.3. The Morgan fingerprint density at radius 2 is 2.00 bits per heavy atom. The number of benzene rings is 1. The Morgan fingerprint density at radius 3 is 2.61 bits per heavy atom. The van der Waals surface area contributed by atoms with Crippen LogP contribution < -0.4 is 10.2 Å². The minimum atomic E-state index is -0.165. The van der Waals surface area contributed by atoms with Gasteiger partial charge in [-0.2, -0.15) is 0 Å². The van der Waals surface area contributed by atoms with Gasteiger partial charge in [0.15, 0.2) is 0 Å². The maximum absolute atomic E-state index is 12.1. The highest BCUT2D eigenvalue weighted by Gasteiger charge is 2.14. The van der Waals surface area contributed by atoms with Gasteiger partial charge < -0.3 is 19.9 Å². The molecule has 122 valence electrons. The number of H-pyrrole nitrogens is 1. The standard InChI is InChI=1S/C17H20ClN3O2/c1-12(20-17(22)16-10-14(18)11-19-16)13-2-4-15(5-3-13)21-6-8-23-9-7-21/h2-5,10-12,19H,6-9H2,1H3,(H,20,22). The third-order valence-corrected chi connectivity index (χ3v) is 4.23. The van der Waals surface area contributed by atoms with E-state index in [1.165, 1.54) is 5.69 Å². The van der Waals surface area contributed by atoms with Crippen molar-refractivity contribution < 1.29 is 9.53 Å². The molecule has 0 radical (unpaired) electrons. The molecule has 2 heterocycles. The second-order valence-electron chi connectivity index (χ2n) is 5.62. The van der Waals surface area contributed by atoms with Crippen LogP contribution in [0.25, 0.3) is 0 Å². The van der Waals surface area contributed by atoms with Crippen molar-refractivity contribution in [3.05, 3.63) is 52.8 Å². The first-order chi connectivity index (χ1) is 11.1. The van der Waals surface area contributed by atoms with E-state index in [0.29, 0.717) is 10.7 Å². The van der Waals surface area contributed by atoms with E-state index in [-0.39, 0.29) is 11.9 Å². The predicted molar refractivity (Wildman–Crippen MR) is 91.2 cm³/mol. The van der Waals surface area contributed by atoms with Crippen molar-refractivity contribution in [2.75, 3.05) is 31.2 Å². The summed E-state index contributed by atoms with van der Waals surface area (Å²) in [5, 5.41) is 3.49. The molecule has 1 amide bonds. The molecular weight excluding hydrogens is 314 g/mol. The van der Waals surface area contributed by atoms with Crippen LogP contribution in [0, 0.1) is 0 Å². The van der Waals surface area contributed by atoms with E-state index in [0.717, 1.165) is 31.9 Å². The molecule has 1 aromatic heterocycles. The molecule has 0 bridgehead atoms. The van der Waals surface area contributed by atoms with Crippen molar-refractivity contribution in [1.82, 2.24) is 10.3 Å². The van der Waals surface area contributed by atoms with E-state index in [4.69, 9.17) is 16.3 Å². The zero-order chi connectivity index (χ0) is 16.2. The van der Waals surface area contributed by atoms with Gasteiger partial charge in [-0.3, -0.25) is 4.79 Å². The number of carbonyl (C=O) groups is 1. The molecule has 1 aliphatic heterocycles. The lowest BCUT2D eigenvalue weighted by Gasteiger charge is -2.29. The molecule has 6 heteroatoms. The largest absolute Gasteiger partial charge is 0.378 e. The van der Waals surface area contributed by atoms with Crippen LogP contribution in [0.1, 0.15) is 29.0 Å². The molecule has 1 aromatic carbocycles. The molecule has 0 aliphatic carbocycles. The topological polar surface area (TPSA) is 57.4 Å². The number of hydrogen-bond acceptors (Lipinski definition) is 3. The van der Waals surface area contributed by atoms with Crippen LogP contribution in [-0.4, -0.2) is 37.2 Å². The minimum absolute atomic E-state index is 0.0803. The van der Waals surface area contributed by atoms with Gasteiger partial charge in [-0.1, -0.05) is 23.7 Å². The normalized spacial score (nSPS) is 16.2. The molecule has 1 aliphatic rings. The molecule has 1 atom stereocenters. The highest BCUT2D eigenvalue weighted by molar-refractivity contribution is 6.30. The number of halogens is 1. The molecule has 2 N–H and O–H groups in total. The zero-order valence-corrected chi connectivity index (χ0v) is 13.8. The van der Waals surface area contributed by atoms with Crippen LogP contribution in [0.3, 0.4) is 0 Å². The third kappa shape index (κ3) is 3.86. The van der Waals surface area contributed by atoms with Gasteiger partial charge in [-0.15, -0.1) is 0 Å². The first-order valence-electron chi connectivity index (χ1n) is 7.71. The molecule has 5 nitrogen and oxygen atoms in total. The van der Waals surface area contributed by atoms with E-state index in [2.05, 4.69) is 39.5 Å². The van der Waals surface area contributed by atoms with Crippen molar-refractivity contribution in [2.24, 2.45) is 0 Å². The summed E-state index contributed by atoms with van der Waals surface area (Å²) in [5.41, 5.74) is 2.71. The molecule has 2 aromatic rings. The van der Waals surface area contributed by atoms with Crippen LogP contribution in [0.15, 0.2) is 36.5 Å². The Morgan fingerprint density at radius 1 is 1.30 bits per heavy atom. The number of morpholine rings is 1. The Bertz CT molecular complexity index is 663. The van der Waals surface area contributed by atoms with Crippen molar-refractivity contribution in [2.45, 2.75) is 13.0 Å². The summed E-state index contributed by atoms with van der Waals surface area (Å²) in [6.07, 6.45) is 1.60. The lowest BCUT2D eigenvalue weighted by atomic mass is 10.1. The van der Waals surface area contributed by atoms with Gasteiger partial charge in [0.05, 0.1) is 24.3 Å². The molecule has 23 heavy (non-hydrogen) atoms. The average molecular weight is 334 g/mol. The van der Waals surface area contributed by atoms with E-state index in [9.17, 15) is 4.79 Å². The second-order valence-corrected chi connectivity index (χ2v) is 6.05. The summed E-state index contributed by atoms with van der Waals surface area (Å²) in [6, 6.07) is 9.83. The number of rotatable bonds is 4. The molecular formula is C17H20ClN3O2. The number of anilines is 1. The Balaban J connectivity index is 1.63. The summed E-state index contributed by atoms with van der Waals surface area (Å²) >= 11 is 5.82. The Kier molecular flexibility index (Phi) is 4.88. The fourth-order valence-electron chi connectivity index (χ4n) is 2.65. The number of hydrogen-bond donors (Lipinski definition) is 2. The number of aromatic amines is 1. The van der Waals surface area contributed by atoms with Crippen LogP contribution in [-0.2, 0) is 4.74 Å². The summed E-state index contributed by atoms with van der Waals surface area (Å²) in [5.74, 6) is -0.165. The average Bonchev–Trinajstić information content (AvgIpc) is 3.02. The highest BCUT2D eigenvalue weighted by Crippen LogP contribution is 2.20. The van der Waals surface area contributed by atoms with Gasteiger partial charge in [0.1, 0.15) is 5.69 Å². The summed E-state index contributed by atoms with van der Waals surface area (Å²) in [7, 11) is 0. The highest BCUT2D eigenvalue weighted by atomic mass is 35.5. The molecule has 1 saturated heterocycles. The molecule has 1 fully saturated rings. The zero-order valence-electron chi connectivity index (χ0n) is 13.0. The van der Waals surface area contributed by atoms with Crippen molar-refractivity contribution in [1.29, 1.82) is 0 Å². The first kappa shape index (κ1) is 15.9. The van der Waals surface area contributed by atoms with Gasteiger partial charge in [0, 0.05) is 25.0 Å². The SMILES string of the molecule is CC(NC(=O)c1cc(Cl)c[nH]1)c1ccc(N2CCOCC2)cc1. The number of nitrogens with one attached hydrogen (secondary N) is 2. The van der Waals surface area contributed by atoms with Crippen LogP contribution in [0.4, 0.5) is 5.69 Å². The molecule has 0 spiro atoms. The van der Waals surface area contributed by atoms with Gasteiger partial charge in [0.2, 0.25) is 0 Å². The van der Waals surface area contributed by atoms with E-state index < -0.39 is 0 Å². The maximum Gasteiger partial charge on any atom is 0.268 e. The van der Waals surface area contributed by atoms with Crippen molar-refractivity contribution in [3.63, 3.8) is 0 Å². The fraction of sp³-hybridized carbons (Fsp3) is 0.353. The lowest BCUT2D eigenvalue weighted by molar-refractivity contribution is 0.0935. The number of ether oxygens (including phenoxy) is 1. The van der Waals surface area contributed by atoms with Gasteiger partial charge in [0.25, 0.3) is 5.91 Å². The molecule has 0 saturated carbocycles. The fourth-order valence-corrected chi connectivity index (χ4v) is 2.82. The quantitative estimate of drug-likeness (QED) is 0.904. The van der Waals surface area contributed by atoms with Gasteiger partial charge in [-0.25, -0.2) is 0 Å². The number of carbonyl (C=O) groups excluding carboxylic acids is 1. The van der Waals surface area contributed by atoms with E-state index in [1.807, 2.05) is 6.92 Å². The summed E-state index contributed by atoms with van der Waals surface area (Å²) in [6.45, 7) is 5.34. The Labute approximate surface area is 140 Å². The lowest BCUT2D eigenvalue weighted by Crippen LogP contribution is -2.36. The van der Waals surface area contributed by atoms with Gasteiger partial charge >= 0.3 is 0 Å². The minimum Gasteiger partial charge on any atom is -0.378 e. The van der Waals surface area contributed by atoms with Crippen LogP contribution in [0.5, 0.6) is 0 Å². The third-order valence-electron chi connectivity index (χ3n) is 4.01. The second kappa shape index (κ2) is 7.06. The smallest absolute Gasteiger partial charge is 0.268 e. The van der Waals surface area contributed by atoms with Crippen molar-refractivity contribution in [3.8, 4) is 0 Å². The van der Waals surface area contributed by atoms with Gasteiger partial charge in [-0.05, 0) is 30.7 Å². The van der Waals surface area contributed by atoms with E-state index >= 15 is 0 Å². The maximum atomic E-state index is 12.1. The number of nitrogens with zero attached hydrogens (tertiary/aromatic N) is 1.